The van der Waals surface area contributed by atoms with Crippen LogP contribution in [0.25, 0.3) is 0 Å². The first-order valence-electron chi connectivity index (χ1n) is 6.69. The van der Waals surface area contributed by atoms with Crippen LogP contribution in [0.2, 0.25) is 10.0 Å². The van der Waals surface area contributed by atoms with Crippen LogP contribution >= 0.6 is 23.2 Å². The summed E-state index contributed by atoms with van der Waals surface area (Å²) < 4.78 is 14.9. The Morgan fingerprint density at radius 3 is 2.04 bits per heavy atom. The average molecular weight is 364 g/mol. The molecule has 0 aliphatic rings. The molecule has 1 rings (SSSR count). The van der Waals surface area contributed by atoms with E-state index in [1.165, 1.54) is 26.4 Å². The lowest BCUT2D eigenvalue weighted by Crippen LogP contribution is -2.38. The number of benzene rings is 1. The summed E-state index contributed by atoms with van der Waals surface area (Å²) in [5, 5.41) is 2.85. The standard InChI is InChI=1S/C15H19Cl2NO5/c1-15(2,3)23-14(20)18-11(13(19)22-5)8-6-9(16)12(21-4)10(17)7-8/h6-7,11H,1-5H3,(H,18,20)/t11-/m1/s1. The van der Waals surface area contributed by atoms with Gasteiger partial charge in [-0.3, -0.25) is 0 Å². The largest absolute Gasteiger partial charge is 0.494 e. The minimum atomic E-state index is -1.12. The molecular weight excluding hydrogens is 345 g/mol. The van der Waals surface area contributed by atoms with Gasteiger partial charge in [-0.1, -0.05) is 23.2 Å². The van der Waals surface area contributed by atoms with E-state index in [2.05, 4.69) is 5.32 Å². The van der Waals surface area contributed by atoms with Crippen molar-refractivity contribution in [2.24, 2.45) is 0 Å². The lowest BCUT2D eigenvalue weighted by Gasteiger charge is -2.23. The van der Waals surface area contributed by atoms with Gasteiger partial charge in [-0.15, -0.1) is 0 Å². The van der Waals surface area contributed by atoms with Gasteiger partial charge in [-0.05, 0) is 38.5 Å². The molecule has 8 heteroatoms. The third-order valence-electron chi connectivity index (χ3n) is 2.66. The predicted molar refractivity (Wildman–Crippen MR) is 87.1 cm³/mol. The van der Waals surface area contributed by atoms with Crippen molar-refractivity contribution in [1.82, 2.24) is 5.32 Å². The lowest BCUT2D eigenvalue weighted by atomic mass is 10.1. The van der Waals surface area contributed by atoms with Crippen molar-refractivity contribution in [3.8, 4) is 5.75 Å². The number of esters is 1. The van der Waals surface area contributed by atoms with Crippen LogP contribution in [0.4, 0.5) is 4.79 Å². The summed E-state index contributed by atoms with van der Waals surface area (Å²) >= 11 is 12.1. The molecule has 0 aliphatic carbocycles. The van der Waals surface area contributed by atoms with Gasteiger partial charge in [0, 0.05) is 0 Å². The third-order valence-corrected chi connectivity index (χ3v) is 3.22. The normalized spacial score (nSPS) is 12.3. The highest BCUT2D eigenvalue weighted by Crippen LogP contribution is 2.35. The fourth-order valence-corrected chi connectivity index (χ4v) is 2.42. The second-order valence-electron chi connectivity index (χ2n) is 5.62. The van der Waals surface area contributed by atoms with Crippen LogP contribution in [0.3, 0.4) is 0 Å². The quantitative estimate of drug-likeness (QED) is 0.824. The molecule has 1 aromatic rings. The van der Waals surface area contributed by atoms with Crippen molar-refractivity contribution in [3.05, 3.63) is 27.7 Å². The zero-order chi connectivity index (χ0) is 17.8. The van der Waals surface area contributed by atoms with E-state index in [-0.39, 0.29) is 15.8 Å². The Balaban J connectivity index is 3.13. The number of ether oxygens (including phenoxy) is 3. The number of halogens is 2. The van der Waals surface area contributed by atoms with Crippen molar-refractivity contribution in [2.45, 2.75) is 32.4 Å². The number of hydrogen-bond acceptors (Lipinski definition) is 5. The van der Waals surface area contributed by atoms with Gasteiger partial charge in [0.25, 0.3) is 0 Å². The summed E-state index contributed by atoms with van der Waals surface area (Å²) in [7, 11) is 2.63. The molecule has 0 aliphatic heterocycles. The molecule has 0 radical (unpaired) electrons. The maximum Gasteiger partial charge on any atom is 0.408 e. The lowest BCUT2D eigenvalue weighted by molar-refractivity contribution is -0.143. The molecule has 1 amide bonds. The van der Waals surface area contributed by atoms with Gasteiger partial charge in [0.2, 0.25) is 0 Å². The molecule has 0 bridgehead atoms. The highest BCUT2D eigenvalue weighted by Gasteiger charge is 2.28. The molecule has 1 atom stereocenters. The third kappa shape index (κ3) is 5.48. The Morgan fingerprint density at radius 1 is 1.13 bits per heavy atom. The Morgan fingerprint density at radius 2 is 1.65 bits per heavy atom. The number of nitrogens with one attached hydrogen (secondary N) is 1. The Bertz CT molecular complexity index is 575. The van der Waals surface area contributed by atoms with Crippen LogP contribution in [-0.4, -0.2) is 31.9 Å². The number of carbonyl (C=O) groups excluding carboxylic acids is 2. The van der Waals surface area contributed by atoms with Gasteiger partial charge in [0.05, 0.1) is 24.3 Å². The fourth-order valence-electron chi connectivity index (χ4n) is 1.76. The fraction of sp³-hybridized carbons (Fsp3) is 0.467. The molecule has 0 heterocycles. The second-order valence-corrected chi connectivity index (χ2v) is 6.43. The van der Waals surface area contributed by atoms with Crippen LogP contribution in [0.1, 0.15) is 32.4 Å². The monoisotopic (exact) mass is 363 g/mol. The van der Waals surface area contributed by atoms with Crippen molar-refractivity contribution >= 4 is 35.3 Å². The maximum atomic E-state index is 12.0. The van der Waals surface area contributed by atoms with E-state index < -0.39 is 23.7 Å². The first-order chi connectivity index (χ1) is 10.6. The smallest absolute Gasteiger partial charge is 0.408 e. The van der Waals surface area contributed by atoms with Crippen LogP contribution in [-0.2, 0) is 14.3 Å². The topological polar surface area (TPSA) is 73.9 Å². The summed E-state index contributed by atoms with van der Waals surface area (Å²) in [6.45, 7) is 5.13. The van der Waals surface area contributed by atoms with Crippen molar-refractivity contribution < 1.29 is 23.8 Å². The van der Waals surface area contributed by atoms with E-state index in [1.54, 1.807) is 20.8 Å². The van der Waals surface area contributed by atoms with Gasteiger partial charge in [-0.2, -0.15) is 0 Å². The summed E-state index contributed by atoms with van der Waals surface area (Å²) in [6, 6.07) is 1.81. The molecule has 0 saturated carbocycles. The zero-order valence-corrected chi connectivity index (χ0v) is 15.0. The molecule has 0 fully saturated rings. The number of rotatable bonds is 4. The minimum absolute atomic E-state index is 0.204. The van der Waals surface area contributed by atoms with E-state index in [9.17, 15) is 9.59 Å². The Kier molecular flexibility index (Phi) is 6.53. The summed E-state index contributed by atoms with van der Waals surface area (Å²) in [5.74, 6) is -0.411. The molecule has 0 unspecified atom stereocenters. The number of alkyl carbamates (subject to hydrolysis) is 1. The van der Waals surface area contributed by atoms with Crippen LogP contribution < -0.4 is 10.1 Å². The Hall–Kier alpha value is -1.66. The van der Waals surface area contributed by atoms with Crippen LogP contribution in [0.5, 0.6) is 5.75 Å². The maximum absolute atomic E-state index is 12.0. The van der Waals surface area contributed by atoms with Crippen LogP contribution in [0, 0.1) is 0 Å². The van der Waals surface area contributed by atoms with Crippen molar-refractivity contribution in [2.75, 3.05) is 14.2 Å². The minimum Gasteiger partial charge on any atom is -0.494 e. The molecular formula is C15H19Cl2NO5. The van der Waals surface area contributed by atoms with Crippen molar-refractivity contribution in [1.29, 1.82) is 0 Å². The summed E-state index contributed by atoms with van der Waals surface area (Å²) in [5.41, 5.74) is -0.363. The number of amides is 1. The van der Waals surface area contributed by atoms with Gasteiger partial charge in [0.1, 0.15) is 5.60 Å². The first kappa shape index (κ1) is 19.4. The van der Waals surface area contributed by atoms with E-state index in [4.69, 9.17) is 37.4 Å². The van der Waals surface area contributed by atoms with E-state index in [0.29, 0.717) is 5.56 Å². The molecule has 128 valence electrons. The number of hydrogen-bond donors (Lipinski definition) is 1. The summed E-state index contributed by atoms with van der Waals surface area (Å²) in [6.07, 6.45) is -0.768. The van der Waals surface area contributed by atoms with E-state index in [1.807, 2.05) is 0 Å². The molecule has 1 aromatic carbocycles. The summed E-state index contributed by atoms with van der Waals surface area (Å²) in [4.78, 5) is 23.9. The SMILES string of the molecule is COC(=O)[C@H](NC(=O)OC(C)(C)C)c1cc(Cl)c(OC)c(Cl)c1. The van der Waals surface area contributed by atoms with Gasteiger partial charge >= 0.3 is 12.1 Å². The first-order valence-corrected chi connectivity index (χ1v) is 7.45. The van der Waals surface area contributed by atoms with Gasteiger partial charge in [0.15, 0.2) is 11.8 Å². The van der Waals surface area contributed by atoms with Gasteiger partial charge in [-0.25, -0.2) is 9.59 Å². The molecule has 0 saturated heterocycles. The number of carbonyl (C=O) groups is 2. The van der Waals surface area contributed by atoms with Gasteiger partial charge < -0.3 is 19.5 Å². The molecule has 23 heavy (non-hydrogen) atoms. The highest BCUT2D eigenvalue weighted by atomic mass is 35.5. The highest BCUT2D eigenvalue weighted by molar-refractivity contribution is 6.37. The Labute approximate surface area is 145 Å². The molecule has 0 spiro atoms. The van der Waals surface area contributed by atoms with E-state index >= 15 is 0 Å². The van der Waals surface area contributed by atoms with Crippen molar-refractivity contribution in [3.63, 3.8) is 0 Å². The average Bonchev–Trinajstić information content (AvgIpc) is 2.41. The second kappa shape index (κ2) is 7.75. The van der Waals surface area contributed by atoms with E-state index in [0.717, 1.165) is 0 Å². The predicted octanol–water partition coefficient (Wildman–Crippen LogP) is 3.74. The van der Waals surface area contributed by atoms with Crippen LogP contribution in [0.15, 0.2) is 12.1 Å². The molecule has 0 aromatic heterocycles. The number of methoxy groups -OCH3 is 2. The zero-order valence-electron chi connectivity index (χ0n) is 13.5. The molecule has 1 N–H and O–H groups in total. The molecule has 6 nitrogen and oxygen atoms in total.